The van der Waals surface area contributed by atoms with E-state index in [1.54, 1.807) is 6.33 Å². The second-order valence-electron chi connectivity index (χ2n) is 5.27. The van der Waals surface area contributed by atoms with Crippen molar-refractivity contribution in [2.75, 3.05) is 23.3 Å². The largest absolute Gasteiger partial charge is 0.354 e. The Labute approximate surface area is 123 Å². The van der Waals surface area contributed by atoms with Gasteiger partial charge in [-0.3, -0.25) is 9.48 Å². The number of hydrogen-bond donors (Lipinski definition) is 1. The molecule has 0 saturated carbocycles. The highest BCUT2D eigenvalue weighted by molar-refractivity contribution is 5.87. The number of hydrogen-bond acceptors (Lipinski definition) is 5. The molecule has 0 unspecified atom stereocenters. The quantitative estimate of drug-likeness (QED) is 0.922. The van der Waals surface area contributed by atoms with Gasteiger partial charge in [-0.2, -0.15) is 5.10 Å². The smallest absolute Gasteiger partial charge is 0.222 e. The lowest BCUT2D eigenvalue weighted by atomic mass is 10.3. The highest BCUT2D eigenvalue weighted by atomic mass is 16.1. The second-order valence-corrected chi connectivity index (χ2v) is 5.27. The fourth-order valence-electron chi connectivity index (χ4n) is 2.57. The first-order chi connectivity index (χ1) is 10.1. The molecular formula is C14H18N6O. The van der Waals surface area contributed by atoms with E-state index in [0.717, 1.165) is 31.0 Å². The van der Waals surface area contributed by atoms with E-state index in [2.05, 4.69) is 25.3 Å². The molecule has 2 aromatic rings. The fourth-order valence-corrected chi connectivity index (χ4v) is 2.57. The van der Waals surface area contributed by atoms with E-state index in [9.17, 15) is 4.79 Å². The summed E-state index contributed by atoms with van der Waals surface area (Å²) in [4.78, 5) is 21.7. The molecule has 1 amide bonds. The Balaban J connectivity index is 1.69. The maximum absolute atomic E-state index is 11.0. The zero-order valence-electron chi connectivity index (χ0n) is 12.2. The molecule has 1 saturated heterocycles. The highest BCUT2D eigenvalue weighted by Crippen LogP contribution is 2.25. The first kappa shape index (κ1) is 13.5. The summed E-state index contributed by atoms with van der Waals surface area (Å²) in [5, 5.41) is 7.10. The van der Waals surface area contributed by atoms with E-state index in [1.165, 1.54) is 6.92 Å². The predicted octanol–water partition coefficient (Wildman–Crippen LogP) is 1.39. The zero-order valence-corrected chi connectivity index (χ0v) is 12.2. The minimum atomic E-state index is -0.107. The van der Waals surface area contributed by atoms with Gasteiger partial charge in [0.1, 0.15) is 12.1 Å². The topological polar surface area (TPSA) is 75.9 Å². The molecule has 0 radical (unpaired) electrons. The average Bonchev–Trinajstić information content (AvgIpc) is 3.06. The number of aromatic nitrogens is 4. The van der Waals surface area contributed by atoms with Crippen molar-refractivity contribution in [2.45, 2.75) is 26.3 Å². The Kier molecular flexibility index (Phi) is 3.55. The van der Waals surface area contributed by atoms with Gasteiger partial charge in [-0.25, -0.2) is 9.97 Å². The van der Waals surface area contributed by atoms with Crippen molar-refractivity contribution in [3.8, 4) is 0 Å². The number of carbonyl (C=O) groups is 1. The van der Waals surface area contributed by atoms with Gasteiger partial charge in [0.15, 0.2) is 5.82 Å². The number of anilines is 2. The third kappa shape index (κ3) is 3.01. The van der Waals surface area contributed by atoms with Crippen molar-refractivity contribution in [3.05, 3.63) is 30.4 Å². The summed E-state index contributed by atoms with van der Waals surface area (Å²) in [6.45, 7) is 5.24. The minimum Gasteiger partial charge on any atom is -0.354 e. The maximum Gasteiger partial charge on any atom is 0.222 e. The molecule has 2 aromatic heterocycles. The van der Waals surface area contributed by atoms with Gasteiger partial charge in [-0.1, -0.05) is 0 Å². The van der Waals surface area contributed by atoms with Crippen LogP contribution in [0.2, 0.25) is 0 Å². The summed E-state index contributed by atoms with van der Waals surface area (Å²) in [6, 6.07) is 4.11. The molecule has 7 heteroatoms. The summed E-state index contributed by atoms with van der Waals surface area (Å²) in [7, 11) is 0. The molecule has 0 spiro atoms. The van der Waals surface area contributed by atoms with Gasteiger partial charge in [0.25, 0.3) is 0 Å². The van der Waals surface area contributed by atoms with Gasteiger partial charge in [0.05, 0.1) is 6.04 Å². The van der Waals surface area contributed by atoms with Gasteiger partial charge in [0.2, 0.25) is 5.91 Å². The first-order valence-corrected chi connectivity index (χ1v) is 6.98. The summed E-state index contributed by atoms with van der Waals surface area (Å²) in [5.41, 5.74) is 0.968. The van der Waals surface area contributed by atoms with Crippen LogP contribution in [-0.4, -0.2) is 38.7 Å². The Morgan fingerprint density at radius 3 is 3.05 bits per heavy atom. The van der Waals surface area contributed by atoms with Crippen LogP contribution in [0, 0.1) is 6.92 Å². The molecule has 0 aliphatic carbocycles. The number of nitrogens with one attached hydrogen (secondary N) is 1. The monoisotopic (exact) mass is 286 g/mol. The van der Waals surface area contributed by atoms with E-state index < -0.39 is 0 Å². The van der Waals surface area contributed by atoms with Gasteiger partial charge < -0.3 is 10.2 Å². The van der Waals surface area contributed by atoms with E-state index in [1.807, 2.05) is 29.9 Å². The van der Waals surface area contributed by atoms with Crippen LogP contribution in [0.5, 0.6) is 0 Å². The Bertz CT molecular complexity index is 652. The van der Waals surface area contributed by atoms with Crippen LogP contribution in [0.3, 0.4) is 0 Å². The van der Waals surface area contributed by atoms with Crippen LogP contribution in [0.1, 0.15) is 25.1 Å². The maximum atomic E-state index is 11.0. The molecule has 3 rings (SSSR count). The molecule has 1 atom stereocenters. The van der Waals surface area contributed by atoms with Crippen LogP contribution in [0.25, 0.3) is 0 Å². The van der Waals surface area contributed by atoms with Gasteiger partial charge >= 0.3 is 0 Å². The molecule has 7 nitrogen and oxygen atoms in total. The highest BCUT2D eigenvalue weighted by Gasteiger charge is 2.25. The van der Waals surface area contributed by atoms with Crippen molar-refractivity contribution in [2.24, 2.45) is 0 Å². The lowest BCUT2D eigenvalue weighted by molar-refractivity contribution is -0.114. The van der Waals surface area contributed by atoms with Crippen LogP contribution in [0.15, 0.2) is 24.7 Å². The lowest BCUT2D eigenvalue weighted by Gasteiger charge is -2.17. The van der Waals surface area contributed by atoms with Crippen LogP contribution < -0.4 is 10.2 Å². The molecule has 3 heterocycles. The third-order valence-corrected chi connectivity index (χ3v) is 3.56. The summed E-state index contributed by atoms with van der Waals surface area (Å²) < 4.78 is 1.92. The van der Waals surface area contributed by atoms with Crippen molar-refractivity contribution >= 4 is 17.5 Å². The van der Waals surface area contributed by atoms with E-state index in [4.69, 9.17) is 0 Å². The summed E-state index contributed by atoms with van der Waals surface area (Å²) >= 11 is 0. The number of nitrogens with zero attached hydrogens (tertiary/aromatic N) is 5. The third-order valence-electron chi connectivity index (χ3n) is 3.56. The van der Waals surface area contributed by atoms with Crippen LogP contribution in [0.4, 0.5) is 11.6 Å². The Morgan fingerprint density at radius 1 is 1.43 bits per heavy atom. The normalized spacial score (nSPS) is 18.0. The molecule has 1 aliphatic rings. The van der Waals surface area contributed by atoms with Crippen LogP contribution in [-0.2, 0) is 4.79 Å². The number of carbonyl (C=O) groups excluding carboxylic acids is 1. The number of aryl methyl sites for hydroxylation is 1. The zero-order chi connectivity index (χ0) is 14.8. The SMILES string of the molecule is CC(=O)Nc1ccn([C@H]2CCN(c3cc(C)ncn3)C2)n1. The molecule has 0 bridgehead atoms. The number of rotatable bonds is 3. The molecule has 1 fully saturated rings. The minimum absolute atomic E-state index is 0.107. The van der Waals surface area contributed by atoms with Crippen molar-refractivity contribution in [1.29, 1.82) is 0 Å². The summed E-state index contributed by atoms with van der Waals surface area (Å²) in [5.74, 6) is 1.45. The second kappa shape index (κ2) is 5.51. The number of amides is 1. The average molecular weight is 286 g/mol. The molecular weight excluding hydrogens is 268 g/mol. The molecule has 110 valence electrons. The lowest BCUT2D eigenvalue weighted by Crippen LogP contribution is -2.22. The van der Waals surface area contributed by atoms with Gasteiger partial charge in [0, 0.05) is 44.0 Å². The van der Waals surface area contributed by atoms with Gasteiger partial charge in [-0.05, 0) is 13.3 Å². The summed E-state index contributed by atoms with van der Waals surface area (Å²) in [6.07, 6.45) is 4.51. The molecule has 1 N–H and O–H groups in total. The van der Waals surface area contributed by atoms with Crippen molar-refractivity contribution in [3.63, 3.8) is 0 Å². The van der Waals surface area contributed by atoms with Gasteiger partial charge in [-0.15, -0.1) is 0 Å². The molecule has 21 heavy (non-hydrogen) atoms. The molecule has 1 aliphatic heterocycles. The van der Waals surface area contributed by atoms with E-state index in [0.29, 0.717) is 11.9 Å². The van der Waals surface area contributed by atoms with Crippen LogP contribution >= 0.6 is 0 Å². The van der Waals surface area contributed by atoms with E-state index >= 15 is 0 Å². The molecule has 0 aromatic carbocycles. The fraction of sp³-hybridized carbons (Fsp3) is 0.429. The first-order valence-electron chi connectivity index (χ1n) is 6.98. The Hall–Kier alpha value is -2.44. The standard InChI is InChI=1S/C14H18N6O/c1-10-7-14(16-9-15-10)19-5-3-12(8-19)20-6-4-13(18-20)17-11(2)21/h4,6-7,9,12H,3,5,8H2,1-2H3,(H,17,18,21)/t12-/m0/s1. The van der Waals surface area contributed by atoms with Crippen molar-refractivity contribution < 1.29 is 4.79 Å². The Morgan fingerprint density at radius 2 is 2.29 bits per heavy atom. The predicted molar refractivity (Wildman–Crippen MR) is 79.2 cm³/mol. The van der Waals surface area contributed by atoms with E-state index in [-0.39, 0.29) is 5.91 Å². The van der Waals surface area contributed by atoms with Crippen molar-refractivity contribution in [1.82, 2.24) is 19.7 Å².